The van der Waals surface area contributed by atoms with Crippen molar-refractivity contribution in [3.63, 3.8) is 0 Å². The zero-order valence-electron chi connectivity index (χ0n) is 17.8. The second-order valence-electron chi connectivity index (χ2n) is 8.35. The van der Waals surface area contributed by atoms with Gasteiger partial charge < -0.3 is 15.3 Å². The molecule has 2 amide bonds. The summed E-state index contributed by atoms with van der Waals surface area (Å²) in [5.41, 5.74) is 2.54. The summed E-state index contributed by atoms with van der Waals surface area (Å²) in [6, 6.07) is 11.8. The third-order valence-corrected chi connectivity index (χ3v) is 6.93. The Balaban J connectivity index is 1.22. The van der Waals surface area contributed by atoms with E-state index in [1.165, 1.54) is 23.5 Å². The third-order valence-electron chi connectivity index (χ3n) is 6.09. The van der Waals surface area contributed by atoms with Crippen molar-refractivity contribution in [2.75, 3.05) is 19.6 Å². The number of carbonyl (C=O) groups excluding carboxylic acids is 2. The van der Waals surface area contributed by atoms with Gasteiger partial charge in [0.25, 0.3) is 0 Å². The number of halogens is 1. The van der Waals surface area contributed by atoms with E-state index in [-0.39, 0.29) is 23.4 Å². The Morgan fingerprint density at radius 1 is 1.09 bits per heavy atom. The van der Waals surface area contributed by atoms with Crippen LogP contribution in [0.15, 0.2) is 53.9 Å². The van der Waals surface area contributed by atoms with Crippen molar-refractivity contribution in [1.82, 2.24) is 20.1 Å². The number of nitrogens with zero attached hydrogens (tertiary/aromatic N) is 3. The molecule has 2 saturated heterocycles. The summed E-state index contributed by atoms with van der Waals surface area (Å²) in [6.45, 7) is 2.19. The van der Waals surface area contributed by atoms with Gasteiger partial charge in [-0.05, 0) is 42.0 Å². The van der Waals surface area contributed by atoms with Gasteiger partial charge in [0.2, 0.25) is 11.8 Å². The number of aromatic hydroxyl groups is 1. The molecule has 1 aromatic heterocycles. The molecule has 0 saturated carbocycles. The zero-order valence-corrected chi connectivity index (χ0v) is 18.6. The lowest BCUT2D eigenvalue weighted by Gasteiger charge is -2.45. The van der Waals surface area contributed by atoms with E-state index in [1.807, 2.05) is 5.38 Å². The van der Waals surface area contributed by atoms with E-state index in [1.54, 1.807) is 41.3 Å². The molecule has 2 aromatic carbocycles. The normalized spacial score (nSPS) is 21.1. The van der Waals surface area contributed by atoms with Crippen LogP contribution in [0.4, 0.5) is 4.39 Å². The number of rotatable bonds is 5. The number of amides is 2. The molecule has 2 fully saturated rings. The molecule has 9 heteroatoms. The summed E-state index contributed by atoms with van der Waals surface area (Å²) >= 11 is 1.53. The Kier molecular flexibility index (Phi) is 5.82. The molecule has 0 radical (unpaired) electrons. The van der Waals surface area contributed by atoms with Gasteiger partial charge in [-0.25, -0.2) is 9.37 Å². The number of aromatic nitrogens is 1. The molecule has 0 bridgehead atoms. The van der Waals surface area contributed by atoms with Gasteiger partial charge in [-0.15, -0.1) is 11.3 Å². The Morgan fingerprint density at radius 3 is 2.61 bits per heavy atom. The number of hydrogen-bond acceptors (Lipinski definition) is 6. The molecule has 2 aliphatic heterocycles. The van der Waals surface area contributed by atoms with Gasteiger partial charge in [-0.1, -0.05) is 12.1 Å². The van der Waals surface area contributed by atoms with E-state index in [0.29, 0.717) is 32.6 Å². The van der Waals surface area contributed by atoms with Gasteiger partial charge in [0.1, 0.15) is 28.7 Å². The fourth-order valence-corrected chi connectivity index (χ4v) is 5.18. The van der Waals surface area contributed by atoms with Crippen LogP contribution < -0.4 is 5.32 Å². The minimum absolute atomic E-state index is 0.0693. The van der Waals surface area contributed by atoms with E-state index in [0.717, 1.165) is 21.8 Å². The highest BCUT2D eigenvalue weighted by Crippen LogP contribution is 2.25. The summed E-state index contributed by atoms with van der Waals surface area (Å²) < 4.78 is 13.2. The first-order valence-corrected chi connectivity index (χ1v) is 11.7. The Labute approximate surface area is 194 Å². The standard InChI is InChI=1S/C24H23FN4O3S/c25-17-5-3-16(4-6-17)20-14-33-22(26-20)13-28-9-10-29-21(12-28)23(31)27-19(24(29)32)11-15-1-7-18(30)8-2-15/h1-8,14,19,21,30H,9-13H2,(H,27,31)/t19-,21+/m0/s1. The van der Waals surface area contributed by atoms with Crippen LogP contribution in [-0.2, 0) is 22.6 Å². The summed E-state index contributed by atoms with van der Waals surface area (Å²) in [5, 5.41) is 15.2. The first-order chi connectivity index (χ1) is 16.0. The van der Waals surface area contributed by atoms with Crippen LogP contribution in [0.1, 0.15) is 10.6 Å². The lowest BCUT2D eigenvalue weighted by atomic mass is 9.98. The van der Waals surface area contributed by atoms with Crippen LogP contribution in [0.3, 0.4) is 0 Å². The Morgan fingerprint density at radius 2 is 1.85 bits per heavy atom. The number of thiazole rings is 1. The highest BCUT2D eigenvalue weighted by molar-refractivity contribution is 7.09. The SMILES string of the molecule is O=C1N[C@@H](Cc2ccc(O)cc2)C(=O)N2CCN(Cc3nc(-c4ccc(F)cc4)cs3)C[C@H]12. The molecular weight excluding hydrogens is 443 g/mol. The highest BCUT2D eigenvalue weighted by atomic mass is 32.1. The summed E-state index contributed by atoms with van der Waals surface area (Å²) in [4.78, 5) is 34.4. The highest BCUT2D eigenvalue weighted by Gasteiger charge is 2.43. The predicted molar refractivity (Wildman–Crippen MR) is 122 cm³/mol. The smallest absolute Gasteiger partial charge is 0.246 e. The van der Waals surface area contributed by atoms with Gasteiger partial charge in [0.15, 0.2) is 0 Å². The summed E-state index contributed by atoms with van der Waals surface area (Å²) in [5.74, 6) is -0.328. The largest absolute Gasteiger partial charge is 0.508 e. The van der Waals surface area contributed by atoms with E-state index in [9.17, 15) is 19.1 Å². The van der Waals surface area contributed by atoms with Crippen LogP contribution in [0, 0.1) is 5.82 Å². The minimum atomic E-state index is -0.595. The molecule has 0 unspecified atom stereocenters. The van der Waals surface area contributed by atoms with E-state index < -0.39 is 12.1 Å². The van der Waals surface area contributed by atoms with Gasteiger partial charge >= 0.3 is 0 Å². The first kappa shape index (κ1) is 21.5. The molecule has 0 aliphatic carbocycles. The monoisotopic (exact) mass is 466 g/mol. The van der Waals surface area contributed by atoms with E-state index in [4.69, 9.17) is 0 Å². The fourth-order valence-electron chi connectivity index (χ4n) is 4.34. The van der Waals surface area contributed by atoms with Crippen LogP contribution in [0.25, 0.3) is 11.3 Å². The van der Waals surface area contributed by atoms with Gasteiger partial charge in [0.05, 0.1) is 12.2 Å². The average Bonchev–Trinajstić information content (AvgIpc) is 3.27. The number of hydrogen-bond donors (Lipinski definition) is 2. The number of benzene rings is 2. The molecule has 170 valence electrons. The number of phenols is 1. The van der Waals surface area contributed by atoms with Gasteiger partial charge in [0, 0.05) is 37.0 Å². The minimum Gasteiger partial charge on any atom is -0.508 e. The maximum Gasteiger partial charge on any atom is 0.246 e. The molecule has 0 spiro atoms. The van der Waals surface area contributed by atoms with Crippen molar-refractivity contribution < 1.29 is 19.1 Å². The zero-order chi connectivity index (χ0) is 22.9. The topological polar surface area (TPSA) is 85.8 Å². The number of phenolic OH excluding ortho intramolecular Hbond substituents is 1. The molecule has 7 nitrogen and oxygen atoms in total. The van der Waals surface area contributed by atoms with Gasteiger partial charge in [-0.2, -0.15) is 0 Å². The number of piperazine rings is 2. The van der Waals surface area contributed by atoms with Crippen molar-refractivity contribution in [2.24, 2.45) is 0 Å². The second kappa shape index (κ2) is 8.92. The quantitative estimate of drug-likeness (QED) is 0.603. The maximum absolute atomic E-state index is 13.2. The molecule has 3 aromatic rings. The predicted octanol–water partition coefficient (Wildman–Crippen LogP) is 2.41. The third kappa shape index (κ3) is 4.60. The molecule has 5 rings (SSSR count). The number of fused-ring (bicyclic) bond motifs is 1. The first-order valence-electron chi connectivity index (χ1n) is 10.8. The maximum atomic E-state index is 13.2. The van der Waals surface area contributed by atoms with Gasteiger partial charge in [-0.3, -0.25) is 14.5 Å². The number of nitrogens with one attached hydrogen (secondary N) is 1. The van der Waals surface area contributed by atoms with Crippen LogP contribution in [0.5, 0.6) is 5.75 Å². The average molecular weight is 467 g/mol. The summed E-state index contributed by atoms with van der Waals surface area (Å²) in [7, 11) is 0. The molecule has 2 atom stereocenters. The number of carbonyl (C=O) groups is 2. The van der Waals surface area contributed by atoms with Crippen molar-refractivity contribution in [3.05, 3.63) is 70.3 Å². The lowest BCUT2D eigenvalue weighted by Crippen LogP contribution is -2.69. The molecule has 33 heavy (non-hydrogen) atoms. The Bertz CT molecular complexity index is 1170. The van der Waals surface area contributed by atoms with Crippen molar-refractivity contribution >= 4 is 23.2 Å². The molecular formula is C24H23FN4O3S. The van der Waals surface area contributed by atoms with Crippen molar-refractivity contribution in [2.45, 2.75) is 25.0 Å². The van der Waals surface area contributed by atoms with Crippen LogP contribution in [0.2, 0.25) is 0 Å². The second-order valence-corrected chi connectivity index (χ2v) is 9.29. The fraction of sp³-hybridized carbons (Fsp3) is 0.292. The van der Waals surface area contributed by atoms with Crippen LogP contribution in [-0.4, -0.2) is 63.4 Å². The lowest BCUT2D eigenvalue weighted by molar-refractivity contribution is -0.153. The van der Waals surface area contributed by atoms with E-state index in [2.05, 4.69) is 15.2 Å². The summed E-state index contributed by atoms with van der Waals surface area (Å²) in [6.07, 6.45) is 0.392. The molecule has 2 aliphatic rings. The van der Waals surface area contributed by atoms with E-state index >= 15 is 0 Å². The van der Waals surface area contributed by atoms with Crippen molar-refractivity contribution in [1.29, 1.82) is 0 Å². The van der Waals surface area contributed by atoms with Crippen molar-refractivity contribution in [3.8, 4) is 17.0 Å². The molecule has 2 N–H and O–H groups in total. The Hall–Kier alpha value is -3.30. The molecule has 3 heterocycles. The van der Waals surface area contributed by atoms with Crippen LogP contribution >= 0.6 is 11.3 Å².